The average molecular weight is 208 g/mol. The molecular formula is C11H20N4. The van der Waals surface area contributed by atoms with Gasteiger partial charge in [0.05, 0.1) is 0 Å². The summed E-state index contributed by atoms with van der Waals surface area (Å²) in [6.45, 7) is 4.71. The number of aromatic nitrogens is 2. The lowest BCUT2D eigenvalue weighted by Gasteiger charge is -2.16. The Morgan fingerprint density at radius 3 is 2.93 bits per heavy atom. The molecule has 0 aliphatic carbocycles. The van der Waals surface area contributed by atoms with Crippen LogP contribution < -0.4 is 11.1 Å². The zero-order valence-corrected chi connectivity index (χ0v) is 9.53. The molecule has 4 nitrogen and oxygen atoms in total. The highest BCUT2D eigenvalue weighted by Gasteiger charge is 2.06. The van der Waals surface area contributed by atoms with E-state index in [0.717, 1.165) is 18.1 Å². The van der Waals surface area contributed by atoms with Crippen molar-refractivity contribution < 1.29 is 0 Å². The van der Waals surface area contributed by atoms with Crippen LogP contribution in [0.4, 0.5) is 5.82 Å². The number of nitrogens with one attached hydrogen (secondary N) is 1. The SMILES string of the molecule is CCCCC(CN)Nc1ccnc(C)n1. The van der Waals surface area contributed by atoms with E-state index in [9.17, 15) is 0 Å². The van der Waals surface area contributed by atoms with Gasteiger partial charge in [-0.2, -0.15) is 0 Å². The minimum Gasteiger partial charge on any atom is -0.366 e. The zero-order valence-electron chi connectivity index (χ0n) is 9.53. The van der Waals surface area contributed by atoms with E-state index in [-0.39, 0.29) is 0 Å². The van der Waals surface area contributed by atoms with Crippen molar-refractivity contribution in [3.05, 3.63) is 18.1 Å². The van der Waals surface area contributed by atoms with Crippen LogP contribution in [0.3, 0.4) is 0 Å². The molecule has 0 saturated carbocycles. The number of rotatable bonds is 6. The number of anilines is 1. The van der Waals surface area contributed by atoms with Crippen LogP contribution in [0.25, 0.3) is 0 Å². The maximum atomic E-state index is 5.69. The largest absolute Gasteiger partial charge is 0.366 e. The highest BCUT2D eigenvalue weighted by molar-refractivity contribution is 5.34. The molecule has 4 heteroatoms. The number of nitrogens with zero attached hydrogens (tertiary/aromatic N) is 2. The van der Waals surface area contributed by atoms with Gasteiger partial charge in [-0.15, -0.1) is 0 Å². The Balaban J connectivity index is 2.50. The van der Waals surface area contributed by atoms with E-state index >= 15 is 0 Å². The number of hydrogen-bond donors (Lipinski definition) is 2. The molecule has 0 saturated heterocycles. The van der Waals surface area contributed by atoms with Gasteiger partial charge in [0.15, 0.2) is 0 Å². The highest BCUT2D eigenvalue weighted by atomic mass is 15.0. The topological polar surface area (TPSA) is 63.8 Å². The lowest BCUT2D eigenvalue weighted by atomic mass is 10.1. The van der Waals surface area contributed by atoms with Crippen molar-refractivity contribution in [2.24, 2.45) is 5.73 Å². The molecule has 0 amide bonds. The first-order valence-electron chi connectivity index (χ1n) is 5.52. The minimum atomic E-state index is 0.319. The Morgan fingerprint density at radius 1 is 1.53 bits per heavy atom. The third-order valence-electron chi connectivity index (χ3n) is 2.32. The van der Waals surface area contributed by atoms with Crippen molar-refractivity contribution in [2.75, 3.05) is 11.9 Å². The molecule has 1 rings (SSSR count). The summed E-state index contributed by atoms with van der Waals surface area (Å²) in [7, 11) is 0. The summed E-state index contributed by atoms with van der Waals surface area (Å²) in [6.07, 6.45) is 5.24. The maximum Gasteiger partial charge on any atom is 0.129 e. The van der Waals surface area contributed by atoms with Crippen LogP contribution in [-0.2, 0) is 0 Å². The molecule has 0 radical (unpaired) electrons. The van der Waals surface area contributed by atoms with Crippen molar-refractivity contribution in [1.82, 2.24) is 9.97 Å². The third kappa shape index (κ3) is 4.25. The second-order valence-corrected chi connectivity index (χ2v) is 3.71. The smallest absolute Gasteiger partial charge is 0.129 e. The molecule has 84 valence electrons. The standard InChI is InChI=1S/C11H20N4/c1-3-4-5-10(8-12)15-11-6-7-13-9(2)14-11/h6-7,10H,3-5,8,12H2,1-2H3,(H,13,14,15). The molecule has 0 spiro atoms. The van der Waals surface area contributed by atoms with Gasteiger partial charge in [-0.05, 0) is 19.4 Å². The fourth-order valence-electron chi connectivity index (χ4n) is 1.45. The number of unbranched alkanes of at least 4 members (excludes halogenated alkanes) is 1. The van der Waals surface area contributed by atoms with E-state index in [4.69, 9.17) is 5.73 Å². The van der Waals surface area contributed by atoms with Crippen molar-refractivity contribution in [1.29, 1.82) is 0 Å². The summed E-state index contributed by atoms with van der Waals surface area (Å²) in [6, 6.07) is 2.20. The predicted octanol–water partition coefficient (Wildman–Crippen LogP) is 1.71. The third-order valence-corrected chi connectivity index (χ3v) is 2.32. The van der Waals surface area contributed by atoms with Crippen molar-refractivity contribution in [3.63, 3.8) is 0 Å². The quantitative estimate of drug-likeness (QED) is 0.747. The molecule has 1 unspecified atom stereocenters. The van der Waals surface area contributed by atoms with Gasteiger partial charge in [-0.25, -0.2) is 9.97 Å². The lowest BCUT2D eigenvalue weighted by molar-refractivity contribution is 0.612. The van der Waals surface area contributed by atoms with E-state index in [1.165, 1.54) is 12.8 Å². The predicted molar refractivity (Wildman–Crippen MR) is 62.8 cm³/mol. The molecular weight excluding hydrogens is 188 g/mol. The second-order valence-electron chi connectivity index (χ2n) is 3.71. The first-order valence-corrected chi connectivity index (χ1v) is 5.52. The van der Waals surface area contributed by atoms with Crippen LogP contribution in [0.15, 0.2) is 12.3 Å². The van der Waals surface area contributed by atoms with Crippen molar-refractivity contribution >= 4 is 5.82 Å². The van der Waals surface area contributed by atoms with Crippen LogP contribution in [0.1, 0.15) is 32.0 Å². The molecule has 1 heterocycles. The van der Waals surface area contributed by atoms with Crippen molar-refractivity contribution in [2.45, 2.75) is 39.2 Å². The monoisotopic (exact) mass is 208 g/mol. The molecule has 0 bridgehead atoms. The Bertz CT molecular complexity index is 288. The average Bonchev–Trinajstić information content (AvgIpc) is 2.24. The van der Waals surface area contributed by atoms with Crippen LogP contribution in [0, 0.1) is 6.92 Å². The van der Waals surface area contributed by atoms with E-state index in [1.54, 1.807) is 6.20 Å². The van der Waals surface area contributed by atoms with Gasteiger partial charge in [-0.3, -0.25) is 0 Å². The molecule has 0 fully saturated rings. The highest BCUT2D eigenvalue weighted by Crippen LogP contribution is 2.07. The number of nitrogens with two attached hydrogens (primary N) is 1. The Hall–Kier alpha value is -1.16. The molecule has 1 atom stereocenters. The molecule has 0 aliphatic rings. The van der Waals surface area contributed by atoms with Gasteiger partial charge in [0.2, 0.25) is 0 Å². The van der Waals surface area contributed by atoms with Gasteiger partial charge >= 0.3 is 0 Å². The van der Waals surface area contributed by atoms with E-state index in [1.807, 2.05) is 13.0 Å². The van der Waals surface area contributed by atoms with Crippen molar-refractivity contribution in [3.8, 4) is 0 Å². The molecule has 0 aliphatic heterocycles. The Morgan fingerprint density at radius 2 is 2.33 bits per heavy atom. The molecule has 1 aromatic heterocycles. The lowest BCUT2D eigenvalue weighted by Crippen LogP contribution is -2.29. The van der Waals surface area contributed by atoms with Crippen LogP contribution >= 0.6 is 0 Å². The first-order chi connectivity index (χ1) is 7.26. The molecule has 0 aromatic carbocycles. The fourth-order valence-corrected chi connectivity index (χ4v) is 1.45. The summed E-state index contributed by atoms with van der Waals surface area (Å²) in [5.41, 5.74) is 5.69. The first kappa shape index (κ1) is 11.9. The van der Waals surface area contributed by atoms with Gasteiger partial charge < -0.3 is 11.1 Å². The van der Waals surface area contributed by atoms with Gasteiger partial charge in [0.25, 0.3) is 0 Å². The summed E-state index contributed by atoms with van der Waals surface area (Å²) >= 11 is 0. The van der Waals surface area contributed by atoms with Crippen LogP contribution in [0.2, 0.25) is 0 Å². The van der Waals surface area contributed by atoms with E-state index in [0.29, 0.717) is 12.6 Å². The normalized spacial score (nSPS) is 12.5. The van der Waals surface area contributed by atoms with Gasteiger partial charge in [0, 0.05) is 18.8 Å². The summed E-state index contributed by atoms with van der Waals surface area (Å²) < 4.78 is 0. The zero-order chi connectivity index (χ0) is 11.1. The van der Waals surface area contributed by atoms with Crippen LogP contribution in [0.5, 0.6) is 0 Å². The van der Waals surface area contributed by atoms with Crippen LogP contribution in [-0.4, -0.2) is 22.6 Å². The summed E-state index contributed by atoms with van der Waals surface area (Å²) in [5, 5.41) is 3.33. The van der Waals surface area contributed by atoms with E-state index < -0.39 is 0 Å². The fraction of sp³-hybridized carbons (Fsp3) is 0.636. The van der Waals surface area contributed by atoms with E-state index in [2.05, 4.69) is 22.2 Å². The number of aryl methyl sites for hydroxylation is 1. The summed E-state index contributed by atoms with van der Waals surface area (Å²) in [4.78, 5) is 8.34. The second kappa shape index (κ2) is 6.35. The summed E-state index contributed by atoms with van der Waals surface area (Å²) in [5.74, 6) is 1.65. The molecule has 3 N–H and O–H groups in total. The Labute approximate surface area is 91.3 Å². The molecule has 1 aromatic rings. The Kier molecular flexibility index (Phi) is 5.04. The number of hydrogen-bond acceptors (Lipinski definition) is 4. The minimum absolute atomic E-state index is 0.319. The van der Waals surface area contributed by atoms with Gasteiger partial charge in [0.1, 0.15) is 11.6 Å². The maximum absolute atomic E-state index is 5.69. The molecule has 15 heavy (non-hydrogen) atoms. The van der Waals surface area contributed by atoms with Gasteiger partial charge in [-0.1, -0.05) is 19.8 Å².